The van der Waals surface area contributed by atoms with Crippen LogP contribution in [-0.4, -0.2) is 23.2 Å². The summed E-state index contributed by atoms with van der Waals surface area (Å²) in [6.45, 7) is 1.72. The van der Waals surface area contributed by atoms with Crippen LogP contribution in [0.15, 0.2) is 24.3 Å². The Bertz CT molecular complexity index is 485. The fourth-order valence-electron chi connectivity index (χ4n) is 1.55. The topological polar surface area (TPSA) is 66.4 Å². The molecule has 0 aromatic heterocycles. The van der Waals surface area contributed by atoms with Crippen molar-refractivity contribution in [2.75, 3.05) is 0 Å². The van der Waals surface area contributed by atoms with Crippen molar-refractivity contribution in [2.45, 2.75) is 25.6 Å². The molecule has 0 unspecified atom stereocenters. The number of halogens is 3. The quantitative estimate of drug-likeness (QED) is 0.885. The van der Waals surface area contributed by atoms with Gasteiger partial charge in [-0.1, -0.05) is 29.8 Å². The first-order chi connectivity index (χ1) is 8.70. The summed E-state index contributed by atoms with van der Waals surface area (Å²) in [4.78, 5) is 21.6. The van der Waals surface area contributed by atoms with Crippen LogP contribution in [0.3, 0.4) is 0 Å². The smallest absolute Gasteiger partial charge is 0.471 e. The van der Waals surface area contributed by atoms with Crippen LogP contribution < -0.4 is 5.32 Å². The van der Waals surface area contributed by atoms with Crippen molar-refractivity contribution in [3.63, 3.8) is 0 Å². The van der Waals surface area contributed by atoms with Gasteiger partial charge in [-0.05, 0) is 12.5 Å². The zero-order chi connectivity index (χ0) is 14.6. The zero-order valence-corrected chi connectivity index (χ0v) is 9.99. The predicted octanol–water partition coefficient (Wildman–Crippen LogP) is 2.19. The van der Waals surface area contributed by atoms with Gasteiger partial charge in [-0.25, -0.2) is 0 Å². The number of nitrogens with one attached hydrogen (secondary N) is 1. The van der Waals surface area contributed by atoms with E-state index in [1.54, 1.807) is 24.4 Å². The second kappa shape index (κ2) is 5.73. The van der Waals surface area contributed by atoms with Gasteiger partial charge in [0.25, 0.3) is 0 Å². The van der Waals surface area contributed by atoms with Crippen molar-refractivity contribution in [3.05, 3.63) is 35.4 Å². The van der Waals surface area contributed by atoms with Crippen LogP contribution in [0.25, 0.3) is 0 Å². The summed E-state index contributed by atoms with van der Waals surface area (Å²) in [7, 11) is 0. The number of carbonyl (C=O) groups is 2. The van der Waals surface area contributed by atoms with Crippen LogP contribution in [0, 0.1) is 6.92 Å². The number of amides is 1. The van der Waals surface area contributed by atoms with E-state index in [1.807, 2.05) is 0 Å². The number of carbonyl (C=O) groups excluding carboxylic acids is 1. The largest absolute Gasteiger partial charge is 0.481 e. The van der Waals surface area contributed by atoms with Crippen molar-refractivity contribution in [1.29, 1.82) is 0 Å². The monoisotopic (exact) mass is 275 g/mol. The Labute approximate surface area is 107 Å². The van der Waals surface area contributed by atoms with E-state index in [9.17, 15) is 22.8 Å². The van der Waals surface area contributed by atoms with Gasteiger partial charge in [0.05, 0.1) is 12.5 Å². The lowest BCUT2D eigenvalue weighted by molar-refractivity contribution is -0.174. The molecule has 0 aliphatic rings. The average molecular weight is 275 g/mol. The normalized spacial score (nSPS) is 12.8. The fourth-order valence-corrected chi connectivity index (χ4v) is 1.55. The SMILES string of the molecule is Cc1cccc([C@H](CC(=O)O)NC(=O)C(F)(F)F)c1. The molecule has 0 bridgehead atoms. The maximum absolute atomic E-state index is 12.2. The van der Waals surface area contributed by atoms with Gasteiger partial charge in [0, 0.05) is 0 Å². The standard InChI is InChI=1S/C12H12F3NO3/c1-7-3-2-4-8(5-7)9(6-10(17)18)16-11(19)12(13,14)15/h2-5,9H,6H2,1H3,(H,16,19)(H,17,18)/t9-/m0/s1. The summed E-state index contributed by atoms with van der Waals surface area (Å²) in [5.74, 6) is -3.45. The fraction of sp³-hybridized carbons (Fsp3) is 0.333. The number of benzene rings is 1. The van der Waals surface area contributed by atoms with Crippen molar-refractivity contribution >= 4 is 11.9 Å². The van der Waals surface area contributed by atoms with Crippen LogP contribution in [0.4, 0.5) is 13.2 Å². The second-order valence-electron chi connectivity index (χ2n) is 4.04. The van der Waals surface area contributed by atoms with Crippen LogP contribution in [0.5, 0.6) is 0 Å². The molecule has 0 heterocycles. The maximum Gasteiger partial charge on any atom is 0.471 e. The van der Waals surface area contributed by atoms with Gasteiger partial charge in [0.2, 0.25) is 0 Å². The summed E-state index contributed by atoms with van der Waals surface area (Å²) in [6, 6.07) is 5.08. The Balaban J connectivity index is 2.96. The third kappa shape index (κ3) is 4.61. The highest BCUT2D eigenvalue weighted by molar-refractivity contribution is 5.82. The van der Waals surface area contributed by atoms with Crippen molar-refractivity contribution in [3.8, 4) is 0 Å². The van der Waals surface area contributed by atoms with E-state index in [-0.39, 0.29) is 0 Å². The van der Waals surface area contributed by atoms with Gasteiger partial charge < -0.3 is 10.4 Å². The third-order valence-corrected chi connectivity index (χ3v) is 2.39. The van der Waals surface area contributed by atoms with Gasteiger partial charge in [-0.2, -0.15) is 13.2 Å². The van der Waals surface area contributed by atoms with Crippen LogP contribution in [-0.2, 0) is 9.59 Å². The molecule has 0 aliphatic carbocycles. The van der Waals surface area contributed by atoms with Crippen molar-refractivity contribution < 1.29 is 27.9 Å². The Morgan fingerprint density at radius 3 is 2.47 bits per heavy atom. The number of carboxylic acid groups (broad SMARTS) is 1. The van der Waals surface area contributed by atoms with Gasteiger partial charge in [0.1, 0.15) is 0 Å². The molecule has 19 heavy (non-hydrogen) atoms. The molecule has 0 fully saturated rings. The third-order valence-electron chi connectivity index (χ3n) is 2.39. The van der Waals surface area contributed by atoms with E-state index in [4.69, 9.17) is 5.11 Å². The van der Waals surface area contributed by atoms with E-state index in [0.717, 1.165) is 5.56 Å². The lowest BCUT2D eigenvalue weighted by Crippen LogP contribution is -2.39. The van der Waals surface area contributed by atoms with Crippen LogP contribution in [0.1, 0.15) is 23.6 Å². The lowest BCUT2D eigenvalue weighted by atomic mass is 10.0. The number of hydrogen-bond donors (Lipinski definition) is 2. The Hall–Kier alpha value is -2.05. The molecule has 1 aromatic rings. The highest BCUT2D eigenvalue weighted by atomic mass is 19.4. The van der Waals surface area contributed by atoms with Gasteiger partial charge in [-0.15, -0.1) is 0 Å². The molecular formula is C12H12F3NO3. The molecule has 0 saturated heterocycles. The van der Waals surface area contributed by atoms with Crippen LogP contribution >= 0.6 is 0 Å². The van der Waals surface area contributed by atoms with Crippen molar-refractivity contribution in [2.24, 2.45) is 0 Å². The minimum atomic E-state index is -5.04. The van der Waals surface area contributed by atoms with Gasteiger partial charge in [-0.3, -0.25) is 9.59 Å². The minimum Gasteiger partial charge on any atom is -0.481 e. The Morgan fingerprint density at radius 1 is 1.37 bits per heavy atom. The first-order valence-corrected chi connectivity index (χ1v) is 5.36. The van der Waals surface area contributed by atoms with Gasteiger partial charge in [0.15, 0.2) is 0 Å². The highest BCUT2D eigenvalue weighted by Crippen LogP contribution is 2.21. The molecule has 1 atom stereocenters. The molecule has 0 saturated carbocycles. The summed E-state index contributed by atoms with van der Waals surface area (Å²) in [5.41, 5.74) is 1.08. The number of aryl methyl sites for hydroxylation is 1. The zero-order valence-electron chi connectivity index (χ0n) is 9.99. The van der Waals surface area contributed by atoms with E-state index in [2.05, 4.69) is 0 Å². The van der Waals surface area contributed by atoms with Crippen LogP contribution in [0.2, 0.25) is 0 Å². The molecule has 0 aliphatic heterocycles. The first-order valence-electron chi connectivity index (χ1n) is 5.36. The first kappa shape index (κ1) is 15.0. The number of aliphatic carboxylic acids is 1. The molecule has 1 rings (SSSR count). The maximum atomic E-state index is 12.2. The summed E-state index contributed by atoms with van der Waals surface area (Å²) in [5, 5.41) is 10.4. The lowest BCUT2D eigenvalue weighted by Gasteiger charge is -2.18. The second-order valence-corrected chi connectivity index (χ2v) is 4.04. The molecule has 0 radical (unpaired) electrons. The molecule has 0 spiro atoms. The molecule has 1 aromatic carbocycles. The number of hydrogen-bond acceptors (Lipinski definition) is 2. The number of carboxylic acids is 1. The number of rotatable bonds is 4. The molecule has 7 heteroatoms. The van der Waals surface area contributed by atoms with E-state index in [1.165, 1.54) is 12.1 Å². The van der Waals surface area contributed by atoms with Gasteiger partial charge >= 0.3 is 18.1 Å². The number of alkyl halides is 3. The molecule has 2 N–H and O–H groups in total. The Kier molecular flexibility index (Phi) is 4.52. The van der Waals surface area contributed by atoms with Crippen molar-refractivity contribution in [1.82, 2.24) is 5.32 Å². The average Bonchev–Trinajstić information content (AvgIpc) is 2.26. The summed E-state index contributed by atoms with van der Waals surface area (Å²) < 4.78 is 36.5. The van der Waals surface area contributed by atoms with E-state index >= 15 is 0 Å². The molecule has 1 amide bonds. The summed E-state index contributed by atoms with van der Waals surface area (Å²) in [6.07, 6.45) is -5.66. The molecular weight excluding hydrogens is 263 g/mol. The van der Waals surface area contributed by atoms with E-state index < -0.39 is 30.5 Å². The van der Waals surface area contributed by atoms with E-state index in [0.29, 0.717) is 5.56 Å². The Morgan fingerprint density at radius 2 is 2.00 bits per heavy atom. The summed E-state index contributed by atoms with van der Waals surface area (Å²) >= 11 is 0. The molecule has 104 valence electrons. The predicted molar refractivity (Wildman–Crippen MR) is 60.4 cm³/mol. The minimum absolute atomic E-state index is 0.319. The molecule has 4 nitrogen and oxygen atoms in total. The highest BCUT2D eigenvalue weighted by Gasteiger charge is 2.40.